The standard InChI is InChI=1S/C20H21ClN4O3S/c1-14(26)24-8-10-25(11-9-24)18-6-4-15(13-17(18)21)22-20(29)23-19(27)7-5-16-3-2-12-28-16/h2-7,12-13H,8-11H2,1H3,(H2,22,23,27,29)/b7-5+. The highest BCUT2D eigenvalue weighted by molar-refractivity contribution is 7.80. The molecule has 7 nitrogen and oxygen atoms in total. The minimum Gasteiger partial charge on any atom is -0.465 e. The summed E-state index contributed by atoms with van der Waals surface area (Å²) in [7, 11) is 0. The van der Waals surface area contributed by atoms with E-state index in [1.807, 2.05) is 17.0 Å². The highest BCUT2D eigenvalue weighted by Crippen LogP contribution is 2.29. The Balaban J connectivity index is 1.54. The molecule has 0 radical (unpaired) electrons. The molecule has 1 aromatic heterocycles. The van der Waals surface area contributed by atoms with E-state index in [-0.39, 0.29) is 16.9 Å². The molecule has 0 bridgehead atoms. The molecule has 9 heteroatoms. The van der Waals surface area contributed by atoms with Gasteiger partial charge in [0.25, 0.3) is 0 Å². The molecule has 2 heterocycles. The van der Waals surface area contributed by atoms with Gasteiger partial charge < -0.3 is 19.5 Å². The Morgan fingerprint density at radius 3 is 2.59 bits per heavy atom. The average molecular weight is 433 g/mol. The number of piperazine rings is 1. The Bertz CT molecular complexity index is 922. The average Bonchev–Trinajstić information content (AvgIpc) is 3.20. The summed E-state index contributed by atoms with van der Waals surface area (Å²) in [6.45, 7) is 4.38. The molecule has 2 amide bonds. The summed E-state index contributed by atoms with van der Waals surface area (Å²) < 4.78 is 5.12. The molecule has 1 aromatic carbocycles. The molecular weight excluding hydrogens is 412 g/mol. The largest absolute Gasteiger partial charge is 0.465 e. The summed E-state index contributed by atoms with van der Waals surface area (Å²) >= 11 is 11.6. The molecule has 0 aliphatic carbocycles. The topological polar surface area (TPSA) is 77.8 Å². The zero-order chi connectivity index (χ0) is 20.8. The molecule has 0 spiro atoms. The maximum atomic E-state index is 11.9. The lowest BCUT2D eigenvalue weighted by atomic mass is 10.2. The molecule has 3 rings (SSSR count). The van der Waals surface area contributed by atoms with Crippen LogP contribution in [0.25, 0.3) is 6.08 Å². The molecule has 29 heavy (non-hydrogen) atoms. The lowest BCUT2D eigenvalue weighted by molar-refractivity contribution is -0.129. The maximum absolute atomic E-state index is 11.9. The summed E-state index contributed by atoms with van der Waals surface area (Å²) in [6.07, 6.45) is 4.42. The van der Waals surface area contributed by atoms with Gasteiger partial charge in [-0.3, -0.25) is 14.9 Å². The van der Waals surface area contributed by atoms with E-state index < -0.39 is 0 Å². The molecule has 1 aliphatic heterocycles. The van der Waals surface area contributed by atoms with Gasteiger partial charge in [0.05, 0.1) is 17.0 Å². The van der Waals surface area contributed by atoms with Crippen LogP contribution in [0.3, 0.4) is 0 Å². The number of nitrogens with one attached hydrogen (secondary N) is 2. The number of furan rings is 1. The number of anilines is 2. The first-order valence-electron chi connectivity index (χ1n) is 9.06. The van der Waals surface area contributed by atoms with Gasteiger partial charge in [-0.15, -0.1) is 0 Å². The highest BCUT2D eigenvalue weighted by Gasteiger charge is 2.20. The third-order valence-electron chi connectivity index (χ3n) is 4.45. The summed E-state index contributed by atoms with van der Waals surface area (Å²) in [5.74, 6) is 0.292. The third-order valence-corrected chi connectivity index (χ3v) is 4.96. The number of amides is 2. The number of halogens is 1. The summed E-state index contributed by atoms with van der Waals surface area (Å²) in [4.78, 5) is 27.3. The van der Waals surface area contributed by atoms with Crippen LogP contribution in [0.2, 0.25) is 5.02 Å². The number of carbonyl (C=O) groups is 2. The van der Waals surface area contributed by atoms with Crippen molar-refractivity contribution in [3.8, 4) is 0 Å². The van der Waals surface area contributed by atoms with Crippen molar-refractivity contribution >= 4 is 58.2 Å². The molecular formula is C20H21ClN4O3S. The second-order valence-electron chi connectivity index (χ2n) is 6.45. The van der Waals surface area contributed by atoms with E-state index in [1.165, 1.54) is 12.3 Å². The number of hydrogen-bond acceptors (Lipinski definition) is 5. The second-order valence-corrected chi connectivity index (χ2v) is 7.27. The van der Waals surface area contributed by atoms with Crippen LogP contribution in [0.15, 0.2) is 47.1 Å². The number of nitrogens with zero attached hydrogens (tertiary/aromatic N) is 2. The van der Waals surface area contributed by atoms with Crippen molar-refractivity contribution in [3.05, 3.63) is 53.5 Å². The Morgan fingerprint density at radius 2 is 1.97 bits per heavy atom. The molecule has 0 atom stereocenters. The molecule has 2 aromatic rings. The van der Waals surface area contributed by atoms with E-state index in [9.17, 15) is 9.59 Å². The van der Waals surface area contributed by atoms with E-state index >= 15 is 0 Å². The first kappa shape index (κ1) is 20.9. The van der Waals surface area contributed by atoms with E-state index in [0.717, 1.165) is 18.8 Å². The smallest absolute Gasteiger partial charge is 0.250 e. The van der Waals surface area contributed by atoms with Crippen LogP contribution in [0, 0.1) is 0 Å². The van der Waals surface area contributed by atoms with Gasteiger partial charge in [-0.1, -0.05) is 11.6 Å². The van der Waals surface area contributed by atoms with Crippen LogP contribution in [0.5, 0.6) is 0 Å². The van der Waals surface area contributed by atoms with Gasteiger partial charge >= 0.3 is 0 Å². The number of rotatable bonds is 4. The summed E-state index contributed by atoms with van der Waals surface area (Å²) in [5, 5.41) is 6.24. The van der Waals surface area contributed by atoms with Crippen LogP contribution >= 0.6 is 23.8 Å². The Labute approximate surface area is 179 Å². The predicted molar refractivity (Wildman–Crippen MR) is 118 cm³/mol. The van der Waals surface area contributed by atoms with Crippen LogP contribution in [-0.2, 0) is 9.59 Å². The zero-order valence-corrected chi connectivity index (χ0v) is 17.4. The van der Waals surface area contributed by atoms with Crippen molar-refractivity contribution in [3.63, 3.8) is 0 Å². The highest BCUT2D eigenvalue weighted by atomic mass is 35.5. The third kappa shape index (κ3) is 5.82. The fourth-order valence-corrected chi connectivity index (χ4v) is 3.48. The minimum atomic E-state index is -0.370. The summed E-state index contributed by atoms with van der Waals surface area (Å²) in [6, 6.07) is 8.97. The number of thiocarbonyl (C=S) groups is 1. The first-order chi connectivity index (χ1) is 13.9. The lowest BCUT2D eigenvalue weighted by Crippen LogP contribution is -2.48. The fourth-order valence-electron chi connectivity index (χ4n) is 2.96. The van der Waals surface area contributed by atoms with Gasteiger partial charge in [0, 0.05) is 44.9 Å². The summed E-state index contributed by atoms with van der Waals surface area (Å²) in [5.41, 5.74) is 1.57. The van der Waals surface area contributed by atoms with Crippen LogP contribution in [0.1, 0.15) is 12.7 Å². The maximum Gasteiger partial charge on any atom is 0.250 e. The second kappa shape index (κ2) is 9.58. The lowest BCUT2D eigenvalue weighted by Gasteiger charge is -2.36. The molecule has 1 aliphatic rings. The van der Waals surface area contributed by atoms with Gasteiger partial charge in [0.1, 0.15) is 5.76 Å². The van der Waals surface area contributed by atoms with Crippen LogP contribution < -0.4 is 15.5 Å². The Morgan fingerprint density at radius 1 is 1.21 bits per heavy atom. The van der Waals surface area contributed by atoms with E-state index in [1.54, 1.807) is 31.2 Å². The van der Waals surface area contributed by atoms with E-state index in [0.29, 0.717) is 29.6 Å². The molecule has 2 N–H and O–H groups in total. The predicted octanol–water partition coefficient (Wildman–Crippen LogP) is 3.13. The van der Waals surface area contributed by atoms with Crippen molar-refractivity contribution < 1.29 is 14.0 Å². The van der Waals surface area contributed by atoms with Gasteiger partial charge in [-0.2, -0.15) is 0 Å². The monoisotopic (exact) mass is 432 g/mol. The van der Waals surface area contributed by atoms with E-state index in [2.05, 4.69) is 15.5 Å². The van der Waals surface area contributed by atoms with Crippen molar-refractivity contribution in [1.29, 1.82) is 0 Å². The Kier molecular flexibility index (Phi) is 6.90. The zero-order valence-electron chi connectivity index (χ0n) is 15.9. The number of hydrogen-bond donors (Lipinski definition) is 2. The van der Waals surface area contributed by atoms with Gasteiger partial charge in [0.15, 0.2) is 5.11 Å². The minimum absolute atomic E-state index is 0.0878. The number of carbonyl (C=O) groups excluding carboxylic acids is 2. The van der Waals surface area contributed by atoms with Gasteiger partial charge in [-0.05, 0) is 48.6 Å². The Hall–Kier alpha value is -2.84. The van der Waals surface area contributed by atoms with Crippen LogP contribution in [0.4, 0.5) is 11.4 Å². The molecule has 0 saturated carbocycles. The molecule has 1 fully saturated rings. The van der Waals surface area contributed by atoms with Gasteiger partial charge in [-0.25, -0.2) is 0 Å². The quantitative estimate of drug-likeness (QED) is 0.571. The van der Waals surface area contributed by atoms with Gasteiger partial charge in [0.2, 0.25) is 11.8 Å². The van der Waals surface area contributed by atoms with Crippen molar-refractivity contribution in [2.45, 2.75) is 6.92 Å². The van der Waals surface area contributed by atoms with Crippen molar-refractivity contribution in [2.24, 2.45) is 0 Å². The normalized spacial score (nSPS) is 14.1. The fraction of sp³-hybridized carbons (Fsp3) is 0.250. The van der Waals surface area contributed by atoms with E-state index in [4.69, 9.17) is 28.2 Å². The van der Waals surface area contributed by atoms with Crippen molar-refractivity contribution in [2.75, 3.05) is 36.4 Å². The molecule has 1 saturated heterocycles. The SMILES string of the molecule is CC(=O)N1CCN(c2ccc(NC(=S)NC(=O)/C=C/c3ccco3)cc2Cl)CC1. The first-order valence-corrected chi connectivity index (χ1v) is 9.84. The van der Waals surface area contributed by atoms with Crippen molar-refractivity contribution in [1.82, 2.24) is 10.2 Å². The number of benzene rings is 1. The van der Waals surface area contributed by atoms with Crippen LogP contribution in [-0.4, -0.2) is 48.0 Å². The molecule has 152 valence electrons. The molecule has 0 unspecified atom stereocenters.